The topological polar surface area (TPSA) is 84.2 Å². The number of hydrogen-bond donors (Lipinski definition) is 1. The number of H-pyrrole nitrogens is 1. The number of likely N-dealkylation sites (tertiary alicyclic amines) is 1. The molecule has 3 heterocycles. The Morgan fingerprint density at radius 1 is 1.29 bits per heavy atom. The van der Waals surface area contributed by atoms with Crippen LogP contribution in [0.25, 0.3) is 0 Å². The van der Waals surface area contributed by atoms with E-state index in [9.17, 15) is 4.79 Å². The van der Waals surface area contributed by atoms with Gasteiger partial charge >= 0.3 is 0 Å². The van der Waals surface area contributed by atoms with Crippen LogP contribution in [0.3, 0.4) is 0 Å². The third kappa shape index (κ3) is 4.65. The summed E-state index contributed by atoms with van der Waals surface area (Å²) in [6.07, 6.45) is 5.23. The average Bonchev–Trinajstić information content (AvgIpc) is 3.43. The molecular formula is C24H30N4O3. The van der Waals surface area contributed by atoms with Crippen LogP contribution in [0, 0.1) is 0 Å². The number of carbonyl (C=O) groups excluding carboxylic acids is 1. The van der Waals surface area contributed by atoms with E-state index in [-0.39, 0.29) is 17.4 Å². The highest BCUT2D eigenvalue weighted by Crippen LogP contribution is 2.32. The lowest BCUT2D eigenvalue weighted by atomic mass is 9.92. The van der Waals surface area contributed by atoms with Crippen LogP contribution in [-0.2, 0) is 11.8 Å². The first-order valence-electron chi connectivity index (χ1n) is 10.8. The van der Waals surface area contributed by atoms with Crippen molar-refractivity contribution >= 4 is 5.91 Å². The molecule has 7 nitrogen and oxygen atoms in total. The van der Waals surface area contributed by atoms with E-state index in [1.807, 2.05) is 35.2 Å². The quantitative estimate of drug-likeness (QED) is 0.646. The predicted molar refractivity (Wildman–Crippen MR) is 117 cm³/mol. The van der Waals surface area contributed by atoms with Crippen molar-refractivity contribution in [2.45, 2.75) is 57.9 Å². The summed E-state index contributed by atoms with van der Waals surface area (Å²) >= 11 is 0. The van der Waals surface area contributed by atoms with Crippen molar-refractivity contribution in [1.82, 2.24) is 20.1 Å². The van der Waals surface area contributed by atoms with E-state index >= 15 is 0 Å². The number of hydrogen-bond acceptors (Lipinski definition) is 5. The Hall–Kier alpha value is -3.09. The highest BCUT2D eigenvalue weighted by atomic mass is 16.5. The number of benzene rings is 1. The SMILES string of the molecule is COc1cccc(Cc2cnc([C@@H]3CCCCN3C(=O)c3cc(C(C)(C)C)[nH]n3)o2)c1. The lowest BCUT2D eigenvalue weighted by molar-refractivity contribution is 0.0564. The van der Waals surface area contributed by atoms with Gasteiger partial charge in [0.25, 0.3) is 5.91 Å². The van der Waals surface area contributed by atoms with Gasteiger partial charge in [0.15, 0.2) is 0 Å². The smallest absolute Gasteiger partial charge is 0.275 e. The highest BCUT2D eigenvalue weighted by Gasteiger charge is 2.33. The van der Waals surface area contributed by atoms with E-state index in [1.165, 1.54) is 0 Å². The minimum Gasteiger partial charge on any atom is -0.497 e. The van der Waals surface area contributed by atoms with Crippen LogP contribution in [0.4, 0.5) is 0 Å². The van der Waals surface area contributed by atoms with Crippen molar-refractivity contribution in [1.29, 1.82) is 0 Å². The first kappa shape index (κ1) is 21.2. The number of amides is 1. The monoisotopic (exact) mass is 422 g/mol. The standard InChI is InChI=1S/C24H30N4O3/c1-24(2,3)21-14-19(26-27-21)23(29)28-11-6-5-10-20(28)22-25-15-18(31-22)13-16-8-7-9-17(12-16)30-4/h7-9,12,14-15,20H,5-6,10-11,13H2,1-4H3,(H,26,27)/t20-/m0/s1. The second-order valence-electron chi connectivity index (χ2n) is 9.12. The van der Waals surface area contributed by atoms with E-state index in [2.05, 4.69) is 36.0 Å². The fourth-order valence-corrected chi connectivity index (χ4v) is 3.94. The summed E-state index contributed by atoms with van der Waals surface area (Å²) in [5.41, 5.74) is 2.38. The van der Waals surface area contributed by atoms with Gasteiger partial charge in [0.2, 0.25) is 5.89 Å². The van der Waals surface area contributed by atoms with E-state index in [0.29, 0.717) is 24.6 Å². The summed E-state index contributed by atoms with van der Waals surface area (Å²) in [6, 6.07) is 9.59. The van der Waals surface area contributed by atoms with Crippen molar-refractivity contribution in [2.75, 3.05) is 13.7 Å². The van der Waals surface area contributed by atoms with Gasteiger partial charge in [-0.1, -0.05) is 32.9 Å². The Bertz CT molecular complexity index is 1050. The van der Waals surface area contributed by atoms with Crippen molar-refractivity contribution < 1.29 is 13.9 Å². The third-order valence-corrected chi connectivity index (χ3v) is 5.74. The molecule has 2 aromatic heterocycles. The normalized spacial score (nSPS) is 17.0. The number of oxazole rings is 1. The highest BCUT2D eigenvalue weighted by molar-refractivity contribution is 5.92. The minimum atomic E-state index is -0.171. The van der Waals surface area contributed by atoms with Crippen LogP contribution in [0.5, 0.6) is 5.75 Å². The Morgan fingerprint density at radius 3 is 2.87 bits per heavy atom. The fraction of sp³-hybridized carbons (Fsp3) is 0.458. The van der Waals surface area contributed by atoms with E-state index in [0.717, 1.165) is 42.0 Å². The van der Waals surface area contributed by atoms with Gasteiger partial charge in [0.1, 0.15) is 23.2 Å². The molecule has 0 unspecified atom stereocenters. The van der Waals surface area contributed by atoms with Crippen LogP contribution in [-0.4, -0.2) is 39.6 Å². The maximum absolute atomic E-state index is 13.3. The number of nitrogens with zero attached hydrogens (tertiary/aromatic N) is 3. The molecule has 1 aliphatic rings. The lowest BCUT2D eigenvalue weighted by Gasteiger charge is -2.33. The molecule has 164 valence electrons. The molecule has 7 heteroatoms. The molecule has 31 heavy (non-hydrogen) atoms. The molecular weight excluding hydrogens is 392 g/mol. The average molecular weight is 423 g/mol. The zero-order valence-corrected chi connectivity index (χ0v) is 18.6. The largest absolute Gasteiger partial charge is 0.497 e. The maximum atomic E-state index is 13.3. The van der Waals surface area contributed by atoms with Crippen LogP contribution >= 0.6 is 0 Å². The van der Waals surface area contributed by atoms with Gasteiger partial charge in [0.05, 0.1) is 13.3 Å². The van der Waals surface area contributed by atoms with Gasteiger partial charge in [-0.3, -0.25) is 9.89 Å². The van der Waals surface area contributed by atoms with Crippen molar-refractivity contribution in [3.63, 3.8) is 0 Å². The van der Waals surface area contributed by atoms with Crippen LogP contribution in [0.15, 0.2) is 40.9 Å². The lowest BCUT2D eigenvalue weighted by Crippen LogP contribution is -2.38. The zero-order valence-electron chi connectivity index (χ0n) is 18.6. The Morgan fingerprint density at radius 2 is 2.13 bits per heavy atom. The minimum absolute atomic E-state index is 0.0796. The van der Waals surface area contributed by atoms with Crippen LogP contribution in [0.2, 0.25) is 0 Å². The van der Waals surface area contributed by atoms with Gasteiger partial charge in [-0.15, -0.1) is 0 Å². The molecule has 1 amide bonds. The second-order valence-corrected chi connectivity index (χ2v) is 9.12. The van der Waals surface area contributed by atoms with Gasteiger partial charge in [0, 0.05) is 24.1 Å². The van der Waals surface area contributed by atoms with Crippen molar-refractivity contribution in [3.8, 4) is 5.75 Å². The summed E-state index contributed by atoms with van der Waals surface area (Å²) in [5.74, 6) is 2.10. The van der Waals surface area contributed by atoms with Crippen molar-refractivity contribution in [3.05, 3.63) is 65.1 Å². The molecule has 0 aliphatic carbocycles. The number of carbonyl (C=O) groups is 1. The van der Waals surface area contributed by atoms with Gasteiger partial charge in [-0.05, 0) is 43.0 Å². The molecule has 0 radical (unpaired) electrons. The van der Waals surface area contributed by atoms with Gasteiger partial charge < -0.3 is 14.1 Å². The molecule has 0 spiro atoms. The molecule has 1 atom stereocenters. The number of rotatable bonds is 5. The number of piperidine rings is 1. The summed E-state index contributed by atoms with van der Waals surface area (Å²) in [7, 11) is 1.66. The third-order valence-electron chi connectivity index (χ3n) is 5.74. The summed E-state index contributed by atoms with van der Waals surface area (Å²) < 4.78 is 11.4. The molecule has 1 N–H and O–H groups in total. The fourth-order valence-electron chi connectivity index (χ4n) is 3.94. The molecule has 1 aliphatic heterocycles. The first-order valence-corrected chi connectivity index (χ1v) is 10.8. The Balaban J connectivity index is 1.52. The summed E-state index contributed by atoms with van der Waals surface area (Å²) in [6.45, 7) is 6.95. The van der Waals surface area contributed by atoms with E-state index in [1.54, 1.807) is 13.3 Å². The first-order chi connectivity index (χ1) is 14.8. The molecule has 0 bridgehead atoms. The number of methoxy groups -OCH3 is 1. The maximum Gasteiger partial charge on any atom is 0.275 e. The number of ether oxygens (including phenoxy) is 1. The molecule has 3 aromatic rings. The van der Waals surface area contributed by atoms with Crippen LogP contribution in [0.1, 0.15) is 79.5 Å². The number of aromatic amines is 1. The summed E-state index contributed by atoms with van der Waals surface area (Å²) in [5, 5.41) is 7.30. The van der Waals surface area contributed by atoms with E-state index in [4.69, 9.17) is 9.15 Å². The molecule has 1 fully saturated rings. The van der Waals surface area contributed by atoms with Crippen molar-refractivity contribution in [2.24, 2.45) is 0 Å². The predicted octanol–water partition coefficient (Wildman–Crippen LogP) is 4.66. The summed E-state index contributed by atoms with van der Waals surface area (Å²) in [4.78, 5) is 19.6. The van der Waals surface area contributed by atoms with Gasteiger partial charge in [-0.2, -0.15) is 5.10 Å². The number of aromatic nitrogens is 3. The zero-order chi connectivity index (χ0) is 22.0. The van der Waals surface area contributed by atoms with E-state index < -0.39 is 0 Å². The molecule has 0 saturated carbocycles. The molecule has 1 saturated heterocycles. The van der Waals surface area contributed by atoms with Crippen LogP contribution < -0.4 is 4.74 Å². The van der Waals surface area contributed by atoms with Gasteiger partial charge in [-0.25, -0.2) is 4.98 Å². The number of nitrogens with one attached hydrogen (secondary N) is 1. The second kappa shape index (κ2) is 8.57. The molecule has 1 aromatic carbocycles. The Labute approximate surface area is 182 Å². The Kier molecular flexibility index (Phi) is 5.85. The molecule has 4 rings (SSSR count).